The summed E-state index contributed by atoms with van der Waals surface area (Å²) in [5.41, 5.74) is 1.50. The second-order valence-corrected chi connectivity index (χ2v) is 5.63. The van der Waals surface area contributed by atoms with E-state index >= 15 is 0 Å². The van der Waals surface area contributed by atoms with Crippen molar-refractivity contribution in [3.63, 3.8) is 0 Å². The zero-order chi connectivity index (χ0) is 12.8. The predicted octanol–water partition coefficient (Wildman–Crippen LogP) is 2.91. The van der Waals surface area contributed by atoms with Crippen LogP contribution in [0.15, 0.2) is 30.3 Å². The van der Waals surface area contributed by atoms with Gasteiger partial charge >= 0.3 is 0 Å². The molecule has 0 saturated heterocycles. The highest BCUT2D eigenvalue weighted by Gasteiger charge is 2.37. The highest BCUT2D eigenvalue weighted by molar-refractivity contribution is 5.27. The number of hydrogen-bond donors (Lipinski definition) is 2. The van der Waals surface area contributed by atoms with E-state index in [1.807, 2.05) is 0 Å². The van der Waals surface area contributed by atoms with Gasteiger partial charge in [-0.1, -0.05) is 44.2 Å². The van der Waals surface area contributed by atoms with Gasteiger partial charge in [0.25, 0.3) is 0 Å². The summed E-state index contributed by atoms with van der Waals surface area (Å²) >= 11 is 0. The molecule has 2 N–H and O–H groups in total. The van der Waals surface area contributed by atoms with Gasteiger partial charge in [0, 0.05) is 18.0 Å². The lowest BCUT2D eigenvalue weighted by Gasteiger charge is -2.08. The van der Waals surface area contributed by atoms with Crippen LogP contribution < -0.4 is 10.6 Å². The largest absolute Gasteiger partial charge is 0.315 e. The van der Waals surface area contributed by atoms with Gasteiger partial charge in [-0.3, -0.25) is 0 Å². The monoisotopic (exact) mass is 246 g/mol. The Kier molecular flexibility index (Phi) is 5.21. The Bertz CT molecular complexity index is 334. The maximum absolute atomic E-state index is 3.67. The fourth-order valence-corrected chi connectivity index (χ4v) is 2.42. The lowest BCUT2D eigenvalue weighted by atomic mass is 10.1. The van der Waals surface area contributed by atoms with E-state index in [1.54, 1.807) is 0 Å². The van der Waals surface area contributed by atoms with E-state index in [1.165, 1.54) is 24.8 Å². The average molecular weight is 246 g/mol. The Morgan fingerprint density at radius 2 is 1.83 bits per heavy atom. The standard InChI is InChI=1S/C16H26N2/c1-13(2)17-10-6-7-11-18-16-12-15(16)14-8-4-3-5-9-14/h3-5,8-9,13,15-18H,6-7,10-12H2,1-2H3. The molecular formula is C16H26N2. The van der Waals surface area contributed by atoms with E-state index in [0.29, 0.717) is 6.04 Å². The molecule has 18 heavy (non-hydrogen) atoms. The smallest absolute Gasteiger partial charge is 0.0143 e. The Morgan fingerprint density at radius 1 is 1.11 bits per heavy atom. The molecule has 2 rings (SSSR count). The molecule has 1 saturated carbocycles. The van der Waals surface area contributed by atoms with Crippen LogP contribution in [0.4, 0.5) is 0 Å². The van der Waals surface area contributed by atoms with Gasteiger partial charge in [-0.2, -0.15) is 0 Å². The third kappa shape index (κ3) is 4.43. The minimum atomic E-state index is 0.615. The van der Waals surface area contributed by atoms with Crippen molar-refractivity contribution >= 4 is 0 Å². The van der Waals surface area contributed by atoms with Gasteiger partial charge in [-0.25, -0.2) is 0 Å². The molecule has 0 amide bonds. The average Bonchev–Trinajstić information content (AvgIpc) is 3.14. The van der Waals surface area contributed by atoms with Crippen molar-refractivity contribution in [1.29, 1.82) is 0 Å². The molecule has 1 aromatic rings. The summed E-state index contributed by atoms with van der Waals surface area (Å²) in [7, 11) is 0. The zero-order valence-electron chi connectivity index (χ0n) is 11.7. The number of hydrogen-bond acceptors (Lipinski definition) is 2. The second-order valence-electron chi connectivity index (χ2n) is 5.63. The van der Waals surface area contributed by atoms with Crippen LogP contribution in [0.2, 0.25) is 0 Å². The first-order chi connectivity index (χ1) is 8.77. The van der Waals surface area contributed by atoms with Gasteiger partial charge in [0.2, 0.25) is 0 Å². The van der Waals surface area contributed by atoms with Crippen LogP contribution in [0.1, 0.15) is 44.6 Å². The zero-order valence-corrected chi connectivity index (χ0v) is 11.7. The molecule has 0 spiro atoms. The molecule has 2 nitrogen and oxygen atoms in total. The fourth-order valence-electron chi connectivity index (χ4n) is 2.42. The Balaban J connectivity index is 1.52. The third-order valence-corrected chi connectivity index (χ3v) is 3.58. The van der Waals surface area contributed by atoms with Crippen molar-refractivity contribution in [1.82, 2.24) is 10.6 Å². The molecule has 0 aliphatic heterocycles. The highest BCUT2D eigenvalue weighted by atomic mass is 15.0. The van der Waals surface area contributed by atoms with Gasteiger partial charge in [-0.05, 0) is 37.9 Å². The fraction of sp³-hybridized carbons (Fsp3) is 0.625. The van der Waals surface area contributed by atoms with E-state index in [4.69, 9.17) is 0 Å². The summed E-state index contributed by atoms with van der Waals surface area (Å²) in [6, 6.07) is 12.2. The molecule has 0 heterocycles. The minimum absolute atomic E-state index is 0.615. The molecule has 1 aliphatic carbocycles. The summed E-state index contributed by atoms with van der Waals surface area (Å²) in [5.74, 6) is 0.764. The van der Waals surface area contributed by atoms with Crippen LogP contribution in [0, 0.1) is 0 Å². The summed E-state index contributed by atoms with van der Waals surface area (Å²) in [6.45, 7) is 6.71. The van der Waals surface area contributed by atoms with Crippen molar-refractivity contribution < 1.29 is 0 Å². The first kappa shape index (κ1) is 13.6. The predicted molar refractivity (Wildman–Crippen MR) is 78.0 cm³/mol. The molecule has 2 heteroatoms. The van der Waals surface area contributed by atoms with Crippen LogP contribution in [-0.4, -0.2) is 25.2 Å². The maximum atomic E-state index is 3.67. The van der Waals surface area contributed by atoms with Gasteiger partial charge in [0.1, 0.15) is 0 Å². The molecule has 1 aliphatic rings. The molecule has 1 aromatic carbocycles. The van der Waals surface area contributed by atoms with Crippen molar-refractivity contribution in [2.45, 2.75) is 51.1 Å². The topological polar surface area (TPSA) is 24.1 Å². The highest BCUT2D eigenvalue weighted by Crippen LogP contribution is 2.40. The third-order valence-electron chi connectivity index (χ3n) is 3.58. The lowest BCUT2D eigenvalue weighted by molar-refractivity contribution is 0.539. The van der Waals surface area contributed by atoms with Gasteiger partial charge < -0.3 is 10.6 Å². The molecule has 1 fully saturated rings. The summed E-state index contributed by atoms with van der Waals surface area (Å²) in [4.78, 5) is 0. The van der Waals surface area contributed by atoms with Crippen LogP contribution in [0.3, 0.4) is 0 Å². The van der Waals surface area contributed by atoms with Crippen molar-refractivity contribution in [2.24, 2.45) is 0 Å². The summed E-state index contributed by atoms with van der Waals surface area (Å²) in [5, 5.41) is 7.12. The van der Waals surface area contributed by atoms with Crippen molar-refractivity contribution in [3.8, 4) is 0 Å². The molecule has 0 radical (unpaired) electrons. The SMILES string of the molecule is CC(C)NCCCCNC1CC1c1ccccc1. The summed E-state index contributed by atoms with van der Waals surface area (Å²) < 4.78 is 0. The van der Waals surface area contributed by atoms with E-state index in [0.717, 1.165) is 25.0 Å². The Labute approximate surface area is 111 Å². The normalized spacial score (nSPS) is 22.4. The van der Waals surface area contributed by atoms with Crippen LogP contribution in [-0.2, 0) is 0 Å². The molecule has 0 bridgehead atoms. The van der Waals surface area contributed by atoms with E-state index in [-0.39, 0.29) is 0 Å². The number of nitrogens with one attached hydrogen (secondary N) is 2. The Morgan fingerprint density at radius 3 is 2.56 bits per heavy atom. The second kappa shape index (κ2) is 6.91. The minimum Gasteiger partial charge on any atom is -0.315 e. The number of unbranched alkanes of at least 4 members (excludes halogenated alkanes) is 1. The molecule has 2 atom stereocenters. The first-order valence-electron chi connectivity index (χ1n) is 7.29. The van der Waals surface area contributed by atoms with Crippen LogP contribution in [0.5, 0.6) is 0 Å². The van der Waals surface area contributed by atoms with Gasteiger partial charge in [0.15, 0.2) is 0 Å². The first-order valence-corrected chi connectivity index (χ1v) is 7.29. The van der Waals surface area contributed by atoms with E-state index < -0.39 is 0 Å². The molecule has 100 valence electrons. The number of rotatable bonds is 8. The van der Waals surface area contributed by atoms with E-state index in [2.05, 4.69) is 54.8 Å². The van der Waals surface area contributed by atoms with Gasteiger partial charge in [0.05, 0.1) is 0 Å². The quantitative estimate of drug-likeness (QED) is 0.689. The summed E-state index contributed by atoms with van der Waals surface area (Å²) in [6.07, 6.45) is 3.86. The molecular weight excluding hydrogens is 220 g/mol. The number of benzene rings is 1. The van der Waals surface area contributed by atoms with Gasteiger partial charge in [-0.15, -0.1) is 0 Å². The molecule has 0 aromatic heterocycles. The van der Waals surface area contributed by atoms with E-state index in [9.17, 15) is 0 Å². The van der Waals surface area contributed by atoms with Crippen molar-refractivity contribution in [2.75, 3.05) is 13.1 Å². The van der Waals surface area contributed by atoms with Crippen LogP contribution in [0.25, 0.3) is 0 Å². The Hall–Kier alpha value is -0.860. The molecule has 2 unspecified atom stereocenters. The van der Waals surface area contributed by atoms with Crippen LogP contribution >= 0.6 is 0 Å². The maximum Gasteiger partial charge on any atom is 0.0143 e. The van der Waals surface area contributed by atoms with Crippen molar-refractivity contribution in [3.05, 3.63) is 35.9 Å². The lowest BCUT2D eigenvalue weighted by Crippen LogP contribution is -2.25.